The molecule has 0 atom stereocenters. The van der Waals surface area contributed by atoms with Gasteiger partial charge in [0, 0.05) is 39.6 Å². The molecule has 0 aliphatic rings. The zero-order chi connectivity index (χ0) is 17.1. The van der Waals surface area contributed by atoms with Gasteiger partial charge in [0.15, 0.2) is 5.69 Å². The molecule has 0 aliphatic carbocycles. The van der Waals surface area contributed by atoms with Crippen LogP contribution in [0.15, 0.2) is 34.9 Å². The Hall–Kier alpha value is -1.99. The minimum atomic E-state index is -0.446. The van der Waals surface area contributed by atoms with Crippen molar-refractivity contribution in [3.8, 4) is 0 Å². The molecule has 3 aromatic rings. The number of carbonyl (C=O) groups is 1. The molecule has 1 aromatic carbocycles. The van der Waals surface area contributed by atoms with Gasteiger partial charge < -0.3 is 10.1 Å². The van der Waals surface area contributed by atoms with E-state index in [1.54, 1.807) is 17.4 Å². The molecule has 3 rings (SSSR count). The molecular formula is C17H16BrN3O2S. The monoisotopic (exact) mass is 405 g/mol. The van der Waals surface area contributed by atoms with Gasteiger partial charge in [0.25, 0.3) is 0 Å². The van der Waals surface area contributed by atoms with Gasteiger partial charge in [-0.2, -0.15) is 0 Å². The summed E-state index contributed by atoms with van der Waals surface area (Å²) in [7, 11) is 1.35. The molecule has 0 saturated carbocycles. The normalized spacial score (nSPS) is 10.8. The lowest BCUT2D eigenvalue weighted by Gasteiger charge is -2.11. The maximum absolute atomic E-state index is 11.8. The Morgan fingerprint density at radius 1 is 1.38 bits per heavy atom. The van der Waals surface area contributed by atoms with Crippen LogP contribution >= 0.6 is 27.3 Å². The molecule has 2 aromatic heterocycles. The van der Waals surface area contributed by atoms with E-state index < -0.39 is 5.97 Å². The van der Waals surface area contributed by atoms with Crippen molar-refractivity contribution in [2.75, 3.05) is 19.0 Å². The van der Waals surface area contributed by atoms with Gasteiger partial charge in [0.1, 0.15) is 0 Å². The quantitative estimate of drug-likeness (QED) is 0.644. The van der Waals surface area contributed by atoms with Gasteiger partial charge in [-0.15, -0.1) is 11.3 Å². The molecule has 0 radical (unpaired) electrons. The summed E-state index contributed by atoms with van der Waals surface area (Å²) in [6, 6.07) is 7.49. The number of aromatic nitrogens is 2. The fourth-order valence-corrected chi connectivity index (χ4v) is 3.52. The van der Waals surface area contributed by atoms with Crippen molar-refractivity contribution >= 4 is 49.8 Å². The highest BCUT2D eigenvalue weighted by Gasteiger charge is 2.13. The first-order valence-corrected chi connectivity index (χ1v) is 9.01. The van der Waals surface area contributed by atoms with E-state index in [1.165, 1.54) is 12.0 Å². The van der Waals surface area contributed by atoms with Crippen molar-refractivity contribution < 1.29 is 9.53 Å². The van der Waals surface area contributed by atoms with E-state index in [4.69, 9.17) is 4.74 Å². The summed E-state index contributed by atoms with van der Waals surface area (Å²) in [6.45, 7) is 2.77. The van der Waals surface area contributed by atoms with E-state index in [2.05, 4.69) is 31.2 Å². The van der Waals surface area contributed by atoms with E-state index in [0.717, 1.165) is 39.0 Å². The van der Waals surface area contributed by atoms with Crippen molar-refractivity contribution in [2.24, 2.45) is 0 Å². The summed E-state index contributed by atoms with van der Waals surface area (Å²) in [5.41, 5.74) is 1.89. The number of carbonyl (C=O) groups excluding carboxylic acids is 1. The maximum Gasteiger partial charge on any atom is 0.356 e. The molecule has 24 heavy (non-hydrogen) atoms. The second kappa shape index (κ2) is 7.27. The summed E-state index contributed by atoms with van der Waals surface area (Å²) < 4.78 is 5.75. The molecule has 0 saturated heterocycles. The number of ether oxygens (including phenoxy) is 1. The lowest BCUT2D eigenvalue weighted by atomic mass is 10.1. The number of methoxy groups -OCH3 is 1. The van der Waals surface area contributed by atoms with Crippen molar-refractivity contribution in [3.63, 3.8) is 0 Å². The lowest BCUT2D eigenvalue weighted by Crippen LogP contribution is -2.09. The van der Waals surface area contributed by atoms with E-state index in [9.17, 15) is 4.79 Å². The Bertz CT molecular complexity index is 895. The standard InChI is InChI=1S/C17H16BrN3O2S/c1-10-9-20-16(24-10)5-6-19-14-8-15(17(22)23-2)21-13-4-3-11(18)7-12(13)14/h3-4,7-9H,5-6H2,1-2H3,(H,19,21). The smallest absolute Gasteiger partial charge is 0.356 e. The molecule has 0 spiro atoms. The number of thiazole rings is 1. The number of nitrogens with zero attached hydrogens (tertiary/aromatic N) is 2. The van der Waals surface area contributed by atoms with Crippen molar-refractivity contribution in [2.45, 2.75) is 13.3 Å². The van der Waals surface area contributed by atoms with E-state index in [-0.39, 0.29) is 0 Å². The number of aryl methyl sites for hydroxylation is 1. The number of nitrogens with one attached hydrogen (secondary N) is 1. The second-order valence-corrected chi connectivity index (χ2v) is 7.48. The van der Waals surface area contributed by atoms with Crippen molar-refractivity contribution in [3.05, 3.63) is 50.5 Å². The number of pyridine rings is 1. The highest BCUT2D eigenvalue weighted by Crippen LogP contribution is 2.27. The minimum absolute atomic E-state index is 0.292. The molecule has 7 heteroatoms. The topological polar surface area (TPSA) is 64.1 Å². The van der Waals surface area contributed by atoms with Gasteiger partial charge in [-0.1, -0.05) is 15.9 Å². The van der Waals surface area contributed by atoms with Crippen LogP contribution in [-0.4, -0.2) is 29.6 Å². The predicted octanol–water partition coefficient (Wildman–Crippen LogP) is 4.20. The summed E-state index contributed by atoms with van der Waals surface area (Å²) in [4.78, 5) is 21.8. The Labute approximate surface area is 152 Å². The second-order valence-electron chi connectivity index (χ2n) is 5.25. The van der Waals surface area contributed by atoms with Gasteiger partial charge in [0.2, 0.25) is 0 Å². The first-order valence-electron chi connectivity index (χ1n) is 7.40. The van der Waals surface area contributed by atoms with Crippen LogP contribution in [0.4, 0.5) is 5.69 Å². The van der Waals surface area contributed by atoms with Crippen LogP contribution in [-0.2, 0) is 11.2 Å². The number of esters is 1. The number of fused-ring (bicyclic) bond motifs is 1. The minimum Gasteiger partial charge on any atom is -0.464 e. The Balaban J connectivity index is 1.88. The zero-order valence-electron chi connectivity index (χ0n) is 13.3. The third-order valence-electron chi connectivity index (χ3n) is 3.49. The van der Waals surface area contributed by atoms with Crippen LogP contribution in [0.3, 0.4) is 0 Å². The molecule has 0 bridgehead atoms. The van der Waals surface area contributed by atoms with Gasteiger partial charge >= 0.3 is 5.97 Å². The number of halogens is 1. The SMILES string of the molecule is COC(=O)c1cc(NCCc2ncc(C)s2)c2cc(Br)ccc2n1. The van der Waals surface area contributed by atoms with Gasteiger partial charge in [-0.25, -0.2) is 14.8 Å². The first kappa shape index (κ1) is 16.9. The summed E-state index contributed by atoms with van der Waals surface area (Å²) in [5, 5.41) is 5.43. The highest BCUT2D eigenvalue weighted by atomic mass is 79.9. The van der Waals surface area contributed by atoms with E-state index in [0.29, 0.717) is 5.69 Å². The molecule has 0 aliphatic heterocycles. The van der Waals surface area contributed by atoms with Crippen LogP contribution in [0, 0.1) is 6.92 Å². The van der Waals surface area contributed by atoms with Crippen LogP contribution in [0.25, 0.3) is 10.9 Å². The van der Waals surface area contributed by atoms with E-state index in [1.807, 2.05) is 31.3 Å². The summed E-state index contributed by atoms with van der Waals surface area (Å²) in [6.07, 6.45) is 2.71. The zero-order valence-corrected chi connectivity index (χ0v) is 15.7. The maximum atomic E-state index is 11.8. The molecular weight excluding hydrogens is 390 g/mol. The molecule has 0 fully saturated rings. The van der Waals surface area contributed by atoms with Crippen LogP contribution in [0.5, 0.6) is 0 Å². The number of benzene rings is 1. The van der Waals surface area contributed by atoms with Crippen LogP contribution in [0.1, 0.15) is 20.4 Å². The summed E-state index contributed by atoms with van der Waals surface area (Å²) >= 11 is 5.18. The summed E-state index contributed by atoms with van der Waals surface area (Å²) in [5.74, 6) is -0.446. The molecule has 0 unspecified atom stereocenters. The Morgan fingerprint density at radius 2 is 2.21 bits per heavy atom. The van der Waals surface area contributed by atoms with Gasteiger partial charge in [-0.05, 0) is 31.2 Å². The first-order chi connectivity index (χ1) is 11.6. The molecule has 2 heterocycles. The van der Waals surface area contributed by atoms with E-state index >= 15 is 0 Å². The van der Waals surface area contributed by atoms with Crippen LogP contribution < -0.4 is 5.32 Å². The third-order valence-corrected chi connectivity index (χ3v) is 4.95. The Morgan fingerprint density at radius 3 is 2.92 bits per heavy atom. The molecule has 5 nitrogen and oxygen atoms in total. The highest BCUT2D eigenvalue weighted by molar-refractivity contribution is 9.10. The van der Waals surface area contributed by atoms with Crippen molar-refractivity contribution in [1.82, 2.24) is 9.97 Å². The largest absolute Gasteiger partial charge is 0.464 e. The lowest BCUT2D eigenvalue weighted by molar-refractivity contribution is 0.0594. The number of anilines is 1. The molecule has 1 N–H and O–H groups in total. The number of rotatable bonds is 5. The number of hydrogen-bond donors (Lipinski definition) is 1. The molecule has 124 valence electrons. The van der Waals surface area contributed by atoms with Crippen LogP contribution in [0.2, 0.25) is 0 Å². The fraction of sp³-hybridized carbons (Fsp3) is 0.235. The van der Waals surface area contributed by atoms with Gasteiger partial charge in [-0.3, -0.25) is 0 Å². The average Bonchev–Trinajstić information content (AvgIpc) is 2.99. The average molecular weight is 406 g/mol. The predicted molar refractivity (Wildman–Crippen MR) is 99.8 cm³/mol. The third kappa shape index (κ3) is 3.73. The Kier molecular flexibility index (Phi) is 5.11. The molecule has 0 amide bonds. The van der Waals surface area contributed by atoms with Gasteiger partial charge in [0.05, 0.1) is 17.6 Å². The van der Waals surface area contributed by atoms with Crippen molar-refractivity contribution in [1.29, 1.82) is 0 Å². The number of hydrogen-bond acceptors (Lipinski definition) is 6. The fourth-order valence-electron chi connectivity index (χ4n) is 2.37.